The molecule has 0 unspecified atom stereocenters. The molecule has 0 aliphatic carbocycles. The van der Waals surface area contributed by atoms with Crippen molar-refractivity contribution in [3.05, 3.63) is 48.5 Å². The summed E-state index contributed by atoms with van der Waals surface area (Å²) < 4.78 is 5.68. The molecule has 0 spiro atoms. The van der Waals surface area contributed by atoms with Crippen molar-refractivity contribution in [3.63, 3.8) is 0 Å². The highest BCUT2D eigenvalue weighted by Gasteiger charge is 2.05. The molecule has 0 saturated heterocycles. The molecular formula is C15H17NO. The second-order valence-electron chi connectivity index (χ2n) is 4.28. The lowest BCUT2D eigenvalue weighted by Gasteiger charge is -2.12. The summed E-state index contributed by atoms with van der Waals surface area (Å²) in [5.74, 6) is 0.855. The van der Waals surface area contributed by atoms with Crippen LogP contribution < -0.4 is 10.5 Å². The molecule has 0 atom stereocenters. The van der Waals surface area contributed by atoms with Crippen molar-refractivity contribution in [1.82, 2.24) is 0 Å². The topological polar surface area (TPSA) is 35.2 Å². The van der Waals surface area contributed by atoms with Crippen LogP contribution in [0.5, 0.6) is 5.75 Å². The van der Waals surface area contributed by atoms with E-state index in [9.17, 15) is 0 Å². The maximum Gasteiger partial charge on any atom is 0.120 e. The summed E-state index contributed by atoms with van der Waals surface area (Å²) in [6, 6.07) is 15.9. The van der Waals surface area contributed by atoms with Gasteiger partial charge in [-0.15, -0.1) is 0 Å². The minimum absolute atomic E-state index is 0.169. The van der Waals surface area contributed by atoms with Gasteiger partial charge < -0.3 is 10.5 Å². The number of nitrogen functional groups attached to an aromatic ring is 1. The number of rotatable bonds is 3. The van der Waals surface area contributed by atoms with Crippen LogP contribution in [0.25, 0.3) is 11.1 Å². The van der Waals surface area contributed by atoms with E-state index >= 15 is 0 Å². The quantitative estimate of drug-likeness (QED) is 0.811. The van der Waals surface area contributed by atoms with E-state index in [-0.39, 0.29) is 6.10 Å². The van der Waals surface area contributed by atoms with Crippen molar-refractivity contribution < 1.29 is 4.74 Å². The molecule has 0 bridgehead atoms. The maximum absolute atomic E-state index is 6.00. The maximum atomic E-state index is 6.00. The highest BCUT2D eigenvalue weighted by atomic mass is 16.5. The summed E-state index contributed by atoms with van der Waals surface area (Å²) in [5.41, 5.74) is 8.90. The molecular weight excluding hydrogens is 210 g/mol. The van der Waals surface area contributed by atoms with Crippen molar-refractivity contribution in [1.29, 1.82) is 0 Å². The number of ether oxygens (including phenoxy) is 1. The van der Waals surface area contributed by atoms with Gasteiger partial charge in [0.2, 0.25) is 0 Å². The minimum Gasteiger partial charge on any atom is -0.491 e. The van der Waals surface area contributed by atoms with Crippen molar-refractivity contribution in [2.75, 3.05) is 5.73 Å². The summed E-state index contributed by atoms with van der Waals surface area (Å²) >= 11 is 0. The molecule has 17 heavy (non-hydrogen) atoms. The second-order valence-corrected chi connectivity index (χ2v) is 4.28. The predicted molar refractivity (Wildman–Crippen MR) is 72.1 cm³/mol. The fourth-order valence-corrected chi connectivity index (χ4v) is 1.75. The molecule has 0 aliphatic heterocycles. The zero-order valence-corrected chi connectivity index (χ0v) is 10.2. The fraction of sp³-hybridized carbons (Fsp3) is 0.200. The summed E-state index contributed by atoms with van der Waals surface area (Å²) in [6.07, 6.45) is 0.169. The van der Waals surface area contributed by atoms with Crippen molar-refractivity contribution in [3.8, 4) is 16.9 Å². The van der Waals surface area contributed by atoms with E-state index in [1.807, 2.05) is 62.4 Å². The number of benzene rings is 2. The molecule has 2 heteroatoms. The van der Waals surface area contributed by atoms with E-state index in [1.165, 1.54) is 0 Å². The molecule has 2 aromatic carbocycles. The monoisotopic (exact) mass is 227 g/mol. The largest absolute Gasteiger partial charge is 0.491 e. The molecule has 0 saturated carbocycles. The van der Waals surface area contributed by atoms with Crippen LogP contribution in [0, 0.1) is 0 Å². The minimum atomic E-state index is 0.169. The van der Waals surface area contributed by atoms with Gasteiger partial charge in [-0.2, -0.15) is 0 Å². The van der Waals surface area contributed by atoms with Crippen LogP contribution >= 0.6 is 0 Å². The van der Waals surface area contributed by atoms with Crippen LogP contribution in [-0.2, 0) is 0 Å². The zero-order valence-electron chi connectivity index (χ0n) is 10.2. The molecule has 0 aliphatic rings. The first-order chi connectivity index (χ1) is 8.16. The zero-order chi connectivity index (χ0) is 12.3. The average Bonchev–Trinajstić information content (AvgIpc) is 2.32. The number of hydrogen-bond donors (Lipinski definition) is 1. The summed E-state index contributed by atoms with van der Waals surface area (Å²) in [6.45, 7) is 4.02. The molecule has 0 heterocycles. The first kappa shape index (κ1) is 11.5. The SMILES string of the molecule is CC(C)Oc1ccc(N)c(-c2ccccc2)c1. The molecule has 2 rings (SSSR count). The van der Waals surface area contributed by atoms with Gasteiger partial charge in [0.05, 0.1) is 6.10 Å². The summed E-state index contributed by atoms with van der Waals surface area (Å²) in [7, 11) is 0. The third-order valence-corrected chi connectivity index (χ3v) is 2.48. The van der Waals surface area contributed by atoms with Gasteiger partial charge in [-0.25, -0.2) is 0 Å². The Morgan fingerprint density at radius 2 is 1.71 bits per heavy atom. The Balaban J connectivity index is 2.40. The third-order valence-electron chi connectivity index (χ3n) is 2.48. The fourth-order valence-electron chi connectivity index (χ4n) is 1.75. The number of anilines is 1. The van der Waals surface area contributed by atoms with E-state index in [0.29, 0.717) is 0 Å². The Morgan fingerprint density at radius 1 is 1.00 bits per heavy atom. The number of nitrogens with two attached hydrogens (primary N) is 1. The van der Waals surface area contributed by atoms with Gasteiger partial charge in [-0.3, -0.25) is 0 Å². The van der Waals surface area contributed by atoms with Gasteiger partial charge in [-0.1, -0.05) is 30.3 Å². The molecule has 0 amide bonds. The molecule has 2 N–H and O–H groups in total. The average molecular weight is 227 g/mol. The van der Waals surface area contributed by atoms with Gasteiger partial charge in [-0.05, 0) is 37.6 Å². The highest BCUT2D eigenvalue weighted by Crippen LogP contribution is 2.29. The standard InChI is InChI=1S/C15H17NO/c1-11(2)17-13-8-9-15(16)14(10-13)12-6-4-3-5-7-12/h3-11H,16H2,1-2H3. The summed E-state index contributed by atoms with van der Waals surface area (Å²) in [4.78, 5) is 0. The Bertz CT molecular complexity index is 492. The van der Waals surface area contributed by atoms with Crippen LogP contribution in [0.3, 0.4) is 0 Å². The van der Waals surface area contributed by atoms with E-state index in [4.69, 9.17) is 10.5 Å². The Kier molecular flexibility index (Phi) is 3.33. The van der Waals surface area contributed by atoms with Crippen molar-refractivity contribution in [2.24, 2.45) is 0 Å². The molecule has 0 aromatic heterocycles. The van der Waals surface area contributed by atoms with Gasteiger partial charge in [0.25, 0.3) is 0 Å². The van der Waals surface area contributed by atoms with E-state index in [1.54, 1.807) is 0 Å². The first-order valence-electron chi connectivity index (χ1n) is 5.78. The van der Waals surface area contributed by atoms with Gasteiger partial charge in [0, 0.05) is 11.3 Å². The van der Waals surface area contributed by atoms with Gasteiger partial charge >= 0.3 is 0 Å². The Hall–Kier alpha value is -1.96. The van der Waals surface area contributed by atoms with Crippen molar-refractivity contribution >= 4 is 5.69 Å². The smallest absolute Gasteiger partial charge is 0.120 e. The lowest BCUT2D eigenvalue weighted by Crippen LogP contribution is -2.05. The van der Waals surface area contributed by atoms with Crippen LogP contribution in [-0.4, -0.2) is 6.10 Å². The van der Waals surface area contributed by atoms with E-state index in [2.05, 4.69) is 0 Å². The first-order valence-corrected chi connectivity index (χ1v) is 5.78. The van der Waals surface area contributed by atoms with Crippen molar-refractivity contribution in [2.45, 2.75) is 20.0 Å². The van der Waals surface area contributed by atoms with Crippen LogP contribution in [0.2, 0.25) is 0 Å². The number of hydrogen-bond acceptors (Lipinski definition) is 2. The van der Waals surface area contributed by atoms with Gasteiger partial charge in [0.15, 0.2) is 0 Å². The van der Waals surface area contributed by atoms with Crippen LogP contribution in [0.1, 0.15) is 13.8 Å². The Morgan fingerprint density at radius 3 is 2.35 bits per heavy atom. The molecule has 0 fully saturated rings. The normalized spacial score (nSPS) is 10.5. The highest BCUT2D eigenvalue weighted by molar-refractivity contribution is 5.77. The van der Waals surface area contributed by atoms with E-state index < -0.39 is 0 Å². The third kappa shape index (κ3) is 2.78. The van der Waals surface area contributed by atoms with E-state index in [0.717, 1.165) is 22.6 Å². The van der Waals surface area contributed by atoms with Crippen LogP contribution in [0.15, 0.2) is 48.5 Å². The molecule has 88 valence electrons. The molecule has 0 radical (unpaired) electrons. The Labute approximate surface area is 102 Å². The lowest BCUT2D eigenvalue weighted by molar-refractivity contribution is 0.242. The van der Waals surface area contributed by atoms with Crippen LogP contribution in [0.4, 0.5) is 5.69 Å². The molecule has 2 nitrogen and oxygen atoms in total. The summed E-state index contributed by atoms with van der Waals surface area (Å²) in [5, 5.41) is 0. The lowest BCUT2D eigenvalue weighted by atomic mass is 10.0. The second kappa shape index (κ2) is 4.91. The van der Waals surface area contributed by atoms with Gasteiger partial charge in [0.1, 0.15) is 5.75 Å². The predicted octanol–water partition coefficient (Wildman–Crippen LogP) is 3.72. The molecule has 2 aromatic rings.